The molecule has 0 aromatic rings. The van der Waals surface area contributed by atoms with Crippen molar-refractivity contribution in [1.82, 2.24) is 0 Å². The Labute approximate surface area is 53.3 Å². The Morgan fingerprint density at radius 2 is 2.25 bits per heavy atom. The standard InChI is InChI=1S/C5H10O2S/c1-4(2)8-3-5(6)7/h4H,3H2,1-2H3,(H,6,7). The van der Waals surface area contributed by atoms with Gasteiger partial charge in [-0.05, 0) is 5.25 Å². The fraction of sp³-hybridized carbons (Fsp3) is 0.800. The molecule has 48 valence electrons. The number of hydrogen-bond acceptors (Lipinski definition) is 2. The zero-order valence-electron chi connectivity index (χ0n) is 5.05. The summed E-state index contributed by atoms with van der Waals surface area (Å²) in [7, 11) is 0. The molecule has 0 bridgehead atoms. The molecule has 0 atom stereocenters. The molecule has 0 aromatic heterocycles. The molecule has 0 aliphatic heterocycles. The molecule has 0 aromatic carbocycles. The van der Waals surface area contributed by atoms with Crippen LogP contribution in [0.1, 0.15) is 13.8 Å². The second kappa shape index (κ2) is 3.78. The van der Waals surface area contributed by atoms with Gasteiger partial charge < -0.3 is 5.11 Å². The monoisotopic (exact) mass is 134 g/mol. The van der Waals surface area contributed by atoms with Gasteiger partial charge in [0.1, 0.15) is 0 Å². The van der Waals surface area contributed by atoms with E-state index in [-0.39, 0.29) is 5.75 Å². The lowest BCUT2D eigenvalue weighted by molar-refractivity contribution is -0.133. The minimum atomic E-state index is -0.733. The number of carboxylic acids is 1. The number of carboxylic acid groups (broad SMARTS) is 1. The lowest BCUT2D eigenvalue weighted by atomic mass is 10.6. The summed E-state index contributed by atoms with van der Waals surface area (Å²) in [6.07, 6.45) is 0. The predicted octanol–water partition coefficient (Wildman–Crippen LogP) is 1.21. The maximum Gasteiger partial charge on any atom is 0.313 e. The van der Waals surface area contributed by atoms with Crippen molar-refractivity contribution in [2.24, 2.45) is 0 Å². The Morgan fingerprint density at radius 3 is 2.38 bits per heavy atom. The van der Waals surface area contributed by atoms with Crippen molar-refractivity contribution in [3.63, 3.8) is 0 Å². The molecule has 3 heteroatoms. The van der Waals surface area contributed by atoms with E-state index < -0.39 is 5.97 Å². The van der Waals surface area contributed by atoms with Crippen LogP contribution < -0.4 is 0 Å². The van der Waals surface area contributed by atoms with Crippen molar-refractivity contribution in [3.05, 3.63) is 0 Å². The maximum atomic E-state index is 9.88. The van der Waals surface area contributed by atoms with Gasteiger partial charge in [-0.2, -0.15) is 0 Å². The molecule has 0 rings (SSSR count). The van der Waals surface area contributed by atoms with Gasteiger partial charge in [-0.15, -0.1) is 11.8 Å². The molecule has 0 radical (unpaired) electrons. The van der Waals surface area contributed by atoms with Crippen molar-refractivity contribution < 1.29 is 9.90 Å². The number of aliphatic carboxylic acids is 1. The highest BCUT2D eigenvalue weighted by molar-refractivity contribution is 8.00. The highest BCUT2D eigenvalue weighted by atomic mass is 32.2. The van der Waals surface area contributed by atoms with E-state index in [2.05, 4.69) is 0 Å². The third-order valence-corrected chi connectivity index (χ3v) is 1.62. The van der Waals surface area contributed by atoms with Gasteiger partial charge in [0, 0.05) is 0 Å². The van der Waals surface area contributed by atoms with Crippen LogP contribution >= 0.6 is 11.8 Å². The van der Waals surface area contributed by atoms with Gasteiger partial charge in [-0.3, -0.25) is 4.79 Å². The second-order valence-electron chi connectivity index (χ2n) is 1.75. The van der Waals surface area contributed by atoms with E-state index in [1.54, 1.807) is 0 Å². The van der Waals surface area contributed by atoms with Crippen molar-refractivity contribution in [2.75, 3.05) is 5.75 Å². The van der Waals surface area contributed by atoms with E-state index in [0.29, 0.717) is 5.25 Å². The average Bonchev–Trinajstić information content (AvgIpc) is 1.61. The molecule has 1 N–H and O–H groups in total. The van der Waals surface area contributed by atoms with Crippen LogP contribution in [0.25, 0.3) is 0 Å². The molecule has 0 aliphatic rings. The Hall–Kier alpha value is -0.180. The van der Waals surface area contributed by atoms with Crippen LogP contribution in [0.3, 0.4) is 0 Å². The van der Waals surface area contributed by atoms with E-state index in [1.165, 1.54) is 11.8 Å². The highest BCUT2D eigenvalue weighted by Crippen LogP contribution is 2.07. The van der Waals surface area contributed by atoms with Crippen LogP contribution in [0.4, 0.5) is 0 Å². The summed E-state index contributed by atoms with van der Waals surface area (Å²) in [4.78, 5) is 9.88. The van der Waals surface area contributed by atoms with Crippen LogP contribution in [0.5, 0.6) is 0 Å². The van der Waals surface area contributed by atoms with E-state index in [9.17, 15) is 4.79 Å². The third-order valence-electron chi connectivity index (χ3n) is 0.540. The third kappa shape index (κ3) is 5.82. The van der Waals surface area contributed by atoms with Crippen molar-refractivity contribution in [1.29, 1.82) is 0 Å². The fourth-order valence-electron chi connectivity index (χ4n) is 0.238. The quantitative estimate of drug-likeness (QED) is 0.630. The zero-order chi connectivity index (χ0) is 6.57. The summed E-state index contributed by atoms with van der Waals surface area (Å²) < 4.78 is 0. The minimum Gasteiger partial charge on any atom is -0.481 e. The lowest BCUT2D eigenvalue weighted by Gasteiger charge is -1.98. The fourth-order valence-corrected chi connectivity index (χ4v) is 0.714. The van der Waals surface area contributed by atoms with Crippen molar-refractivity contribution in [3.8, 4) is 0 Å². The molecule has 8 heavy (non-hydrogen) atoms. The van der Waals surface area contributed by atoms with Crippen LogP contribution in [-0.2, 0) is 4.79 Å². The number of thioether (sulfide) groups is 1. The number of carbonyl (C=O) groups is 1. The molecular formula is C5H10O2S. The normalized spacial score (nSPS) is 9.88. The Bertz CT molecular complexity index is 80.5. The van der Waals surface area contributed by atoms with Gasteiger partial charge in [-0.25, -0.2) is 0 Å². The van der Waals surface area contributed by atoms with E-state index in [1.807, 2.05) is 13.8 Å². The molecule has 0 heterocycles. The summed E-state index contributed by atoms with van der Waals surface area (Å²) in [5, 5.41) is 8.56. The predicted molar refractivity (Wildman–Crippen MR) is 35.2 cm³/mol. The molecule has 0 fully saturated rings. The van der Waals surface area contributed by atoms with Gasteiger partial charge in [0.25, 0.3) is 0 Å². The molecule has 2 nitrogen and oxygen atoms in total. The molecular weight excluding hydrogens is 124 g/mol. The first-order chi connectivity index (χ1) is 3.63. The first-order valence-corrected chi connectivity index (χ1v) is 3.51. The van der Waals surface area contributed by atoms with Crippen LogP contribution in [-0.4, -0.2) is 22.1 Å². The number of rotatable bonds is 3. The topological polar surface area (TPSA) is 37.3 Å². The summed E-state index contributed by atoms with van der Waals surface area (Å²) in [6.45, 7) is 3.96. The van der Waals surface area contributed by atoms with Gasteiger partial charge in [0.15, 0.2) is 0 Å². The van der Waals surface area contributed by atoms with Crippen LogP contribution in [0, 0.1) is 0 Å². The van der Waals surface area contributed by atoms with Crippen LogP contribution in [0.15, 0.2) is 0 Å². The zero-order valence-corrected chi connectivity index (χ0v) is 5.86. The summed E-state index contributed by atoms with van der Waals surface area (Å²) in [5.74, 6) is -0.513. The lowest BCUT2D eigenvalue weighted by Crippen LogP contribution is -2.01. The molecule has 0 saturated heterocycles. The van der Waals surface area contributed by atoms with E-state index in [4.69, 9.17) is 5.11 Å². The highest BCUT2D eigenvalue weighted by Gasteiger charge is 1.98. The summed E-state index contributed by atoms with van der Waals surface area (Å²) in [5.41, 5.74) is 0. The first kappa shape index (κ1) is 7.82. The maximum absolute atomic E-state index is 9.88. The largest absolute Gasteiger partial charge is 0.481 e. The Balaban J connectivity index is 3.05. The first-order valence-electron chi connectivity index (χ1n) is 2.46. The minimum absolute atomic E-state index is 0.220. The van der Waals surface area contributed by atoms with Gasteiger partial charge >= 0.3 is 5.97 Å². The summed E-state index contributed by atoms with van der Waals surface area (Å²) in [6, 6.07) is 0. The SMILES string of the molecule is CC(C)SCC(=O)O. The molecule has 0 unspecified atom stereocenters. The van der Waals surface area contributed by atoms with E-state index >= 15 is 0 Å². The number of hydrogen-bond donors (Lipinski definition) is 1. The van der Waals surface area contributed by atoms with Gasteiger partial charge in [0.2, 0.25) is 0 Å². The second-order valence-corrected chi connectivity index (χ2v) is 3.32. The van der Waals surface area contributed by atoms with Crippen molar-refractivity contribution >= 4 is 17.7 Å². The summed E-state index contributed by atoms with van der Waals surface area (Å²) >= 11 is 1.44. The van der Waals surface area contributed by atoms with Gasteiger partial charge in [-0.1, -0.05) is 13.8 Å². The average molecular weight is 134 g/mol. The van der Waals surface area contributed by atoms with Crippen molar-refractivity contribution in [2.45, 2.75) is 19.1 Å². The molecule has 0 spiro atoms. The Kier molecular flexibility index (Phi) is 3.69. The van der Waals surface area contributed by atoms with Gasteiger partial charge in [0.05, 0.1) is 5.75 Å². The molecule has 0 aliphatic carbocycles. The van der Waals surface area contributed by atoms with E-state index in [0.717, 1.165) is 0 Å². The molecule has 0 saturated carbocycles. The smallest absolute Gasteiger partial charge is 0.313 e. The van der Waals surface area contributed by atoms with Crippen LogP contribution in [0.2, 0.25) is 0 Å². The molecule has 0 amide bonds. The Morgan fingerprint density at radius 1 is 1.75 bits per heavy atom.